The highest BCUT2D eigenvalue weighted by molar-refractivity contribution is 7.16. The molecule has 2 nitrogen and oxygen atoms in total. The topological polar surface area (TPSA) is 15.3 Å². The maximum Gasteiger partial charge on any atom is 0.0934 e. The van der Waals surface area contributed by atoms with Crippen molar-refractivity contribution in [2.45, 2.75) is 64.1 Å². The van der Waals surface area contributed by atoms with Gasteiger partial charge in [0.25, 0.3) is 0 Å². The molecule has 1 saturated heterocycles. The van der Waals surface area contributed by atoms with Gasteiger partial charge < -0.3 is 5.32 Å². The Morgan fingerprint density at radius 3 is 2.60 bits per heavy atom. The van der Waals surface area contributed by atoms with Crippen LogP contribution in [0.1, 0.15) is 56.5 Å². The molecule has 112 valence electrons. The summed E-state index contributed by atoms with van der Waals surface area (Å²) in [7, 11) is 0. The number of fused-ring (bicyclic) bond motifs is 1. The second-order valence-electron chi connectivity index (χ2n) is 7.12. The Bertz CT molecular complexity index is 469. The van der Waals surface area contributed by atoms with Crippen LogP contribution in [0.3, 0.4) is 0 Å². The molecule has 1 aromatic rings. The van der Waals surface area contributed by atoms with Gasteiger partial charge in [0.1, 0.15) is 0 Å². The molecule has 0 radical (unpaired) electrons. The number of halogens is 1. The molecule has 0 amide bonds. The maximum absolute atomic E-state index is 6.14. The Hall–Kier alpha value is -0.0900. The Morgan fingerprint density at radius 2 is 1.95 bits per heavy atom. The van der Waals surface area contributed by atoms with Crippen LogP contribution in [0.25, 0.3) is 0 Å². The van der Waals surface area contributed by atoms with Gasteiger partial charge in [0.05, 0.1) is 4.34 Å². The van der Waals surface area contributed by atoms with E-state index in [1.807, 2.05) is 0 Å². The molecular formula is C16H25ClN2S. The number of nitrogens with zero attached hydrogens (tertiary/aromatic N) is 1. The highest BCUT2D eigenvalue weighted by atomic mass is 35.5. The molecule has 1 aliphatic heterocycles. The van der Waals surface area contributed by atoms with E-state index >= 15 is 0 Å². The lowest BCUT2D eigenvalue weighted by Crippen LogP contribution is -2.50. The summed E-state index contributed by atoms with van der Waals surface area (Å²) in [6.45, 7) is 9.38. The average Bonchev–Trinajstić information content (AvgIpc) is 2.90. The number of piperidine rings is 1. The Kier molecular flexibility index (Phi) is 4.15. The zero-order valence-electron chi connectivity index (χ0n) is 12.7. The molecule has 0 bridgehead atoms. The molecule has 2 heterocycles. The number of rotatable bonds is 2. The van der Waals surface area contributed by atoms with Crippen LogP contribution in [0.15, 0.2) is 6.07 Å². The normalized spacial score (nSPS) is 25.1. The van der Waals surface area contributed by atoms with Crippen molar-refractivity contribution in [1.82, 2.24) is 10.2 Å². The van der Waals surface area contributed by atoms with E-state index in [1.165, 1.54) is 49.2 Å². The molecule has 1 aliphatic carbocycles. The summed E-state index contributed by atoms with van der Waals surface area (Å²) in [5, 5.41) is 3.88. The van der Waals surface area contributed by atoms with Crippen LogP contribution < -0.4 is 5.32 Å². The van der Waals surface area contributed by atoms with Crippen LogP contribution >= 0.6 is 22.9 Å². The fraction of sp³-hybridized carbons (Fsp3) is 0.750. The second kappa shape index (κ2) is 5.60. The second-order valence-corrected chi connectivity index (χ2v) is 8.89. The summed E-state index contributed by atoms with van der Waals surface area (Å²) in [6.07, 6.45) is 4.98. The van der Waals surface area contributed by atoms with Crippen molar-refractivity contribution in [2.24, 2.45) is 0 Å². The third-order valence-electron chi connectivity index (χ3n) is 4.73. The van der Waals surface area contributed by atoms with Gasteiger partial charge in [0.2, 0.25) is 0 Å². The van der Waals surface area contributed by atoms with Crippen molar-refractivity contribution in [1.29, 1.82) is 0 Å². The van der Waals surface area contributed by atoms with Gasteiger partial charge in [-0.3, -0.25) is 4.90 Å². The molecule has 0 spiro atoms. The van der Waals surface area contributed by atoms with Gasteiger partial charge in [-0.2, -0.15) is 0 Å². The van der Waals surface area contributed by atoms with E-state index in [1.54, 1.807) is 11.3 Å². The SMILES string of the molecule is CC(C)(C)N1CCC(NC2CCc3sc(Cl)cc32)CC1. The van der Waals surface area contributed by atoms with Crippen LogP contribution in [-0.2, 0) is 6.42 Å². The number of aryl methyl sites for hydroxylation is 1. The third kappa shape index (κ3) is 3.06. The zero-order chi connectivity index (χ0) is 14.3. The van der Waals surface area contributed by atoms with E-state index in [0.29, 0.717) is 17.6 Å². The van der Waals surface area contributed by atoms with E-state index in [2.05, 4.69) is 37.1 Å². The van der Waals surface area contributed by atoms with Crippen LogP contribution in [0.2, 0.25) is 4.34 Å². The van der Waals surface area contributed by atoms with Gasteiger partial charge in [-0.05, 0) is 58.1 Å². The first-order valence-electron chi connectivity index (χ1n) is 7.72. The standard InChI is InChI=1S/C16H25ClN2S/c1-16(2,3)19-8-6-11(7-9-19)18-13-4-5-14-12(13)10-15(17)20-14/h10-11,13,18H,4-9H2,1-3H3. The Morgan fingerprint density at radius 1 is 1.25 bits per heavy atom. The Labute approximate surface area is 131 Å². The van der Waals surface area contributed by atoms with Crippen molar-refractivity contribution >= 4 is 22.9 Å². The number of hydrogen-bond acceptors (Lipinski definition) is 3. The summed E-state index contributed by atoms with van der Waals surface area (Å²) in [4.78, 5) is 4.10. The molecule has 1 fully saturated rings. The number of hydrogen-bond donors (Lipinski definition) is 1. The van der Waals surface area contributed by atoms with Crippen molar-refractivity contribution in [3.05, 3.63) is 20.8 Å². The number of thiophene rings is 1. The lowest BCUT2D eigenvalue weighted by molar-refractivity contribution is 0.0937. The van der Waals surface area contributed by atoms with Gasteiger partial charge >= 0.3 is 0 Å². The molecule has 0 saturated carbocycles. The first-order valence-corrected chi connectivity index (χ1v) is 8.92. The maximum atomic E-state index is 6.14. The van der Waals surface area contributed by atoms with Crippen LogP contribution in [0.5, 0.6) is 0 Å². The molecule has 4 heteroatoms. The highest BCUT2D eigenvalue weighted by Crippen LogP contribution is 2.39. The number of nitrogens with one attached hydrogen (secondary N) is 1. The molecule has 0 aromatic carbocycles. The number of likely N-dealkylation sites (tertiary alicyclic amines) is 1. The molecule has 1 atom stereocenters. The van der Waals surface area contributed by atoms with Crippen LogP contribution in [0.4, 0.5) is 0 Å². The van der Waals surface area contributed by atoms with Gasteiger partial charge in [-0.1, -0.05) is 11.6 Å². The largest absolute Gasteiger partial charge is 0.307 e. The minimum atomic E-state index is 0.312. The van der Waals surface area contributed by atoms with Crippen molar-refractivity contribution in [3.63, 3.8) is 0 Å². The summed E-state index contributed by atoms with van der Waals surface area (Å²) >= 11 is 7.90. The Balaban J connectivity index is 1.56. The highest BCUT2D eigenvalue weighted by Gasteiger charge is 2.30. The molecule has 2 aliphatic rings. The zero-order valence-corrected chi connectivity index (χ0v) is 14.3. The van der Waals surface area contributed by atoms with Gasteiger partial charge in [0.15, 0.2) is 0 Å². The van der Waals surface area contributed by atoms with E-state index in [-0.39, 0.29) is 0 Å². The summed E-state index contributed by atoms with van der Waals surface area (Å²) < 4.78 is 0.948. The predicted molar refractivity (Wildman–Crippen MR) is 87.9 cm³/mol. The minimum absolute atomic E-state index is 0.312. The van der Waals surface area contributed by atoms with Crippen LogP contribution in [-0.4, -0.2) is 29.6 Å². The fourth-order valence-corrected chi connectivity index (χ4v) is 4.86. The summed E-state index contributed by atoms with van der Waals surface area (Å²) in [5.41, 5.74) is 1.78. The predicted octanol–water partition coefficient (Wildman–Crippen LogP) is 4.24. The summed E-state index contributed by atoms with van der Waals surface area (Å²) in [6, 6.07) is 3.39. The monoisotopic (exact) mass is 312 g/mol. The molecule has 1 aromatic heterocycles. The quantitative estimate of drug-likeness (QED) is 0.878. The molecule has 3 rings (SSSR count). The molecule has 20 heavy (non-hydrogen) atoms. The van der Waals surface area contributed by atoms with E-state index in [9.17, 15) is 0 Å². The average molecular weight is 313 g/mol. The lowest BCUT2D eigenvalue weighted by Gasteiger charge is -2.41. The van der Waals surface area contributed by atoms with E-state index < -0.39 is 0 Å². The third-order valence-corrected chi connectivity index (χ3v) is 6.07. The molecule has 1 N–H and O–H groups in total. The van der Waals surface area contributed by atoms with E-state index in [4.69, 9.17) is 11.6 Å². The first kappa shape index (κ1) is 14.8. The summed E-state index contributed by atoms with van der Waals surface area (Å²) in [5.74, 6) is 0. The van der Waals surface area contributed by atoms with Crippen LogP contribution in [0, 0.1) is 0 Å². The van der Waals surface area contributed by atoms with E-state index in [0.717, 1.165) is 4.34 Å². The smallest absolute Gasteiger partial charge is 0.0934 e. The van der Waals surface area contributed by atoms with Crippen molar-refractivity contribution in [2.75, 3.05) is 13.1 Å². The molecular weight excluding hydrogens is 288 g/mol. The van der Waals surface area contributed by atoms with Gasteiger partial charge in [0, 0.05) is 35.6 Å². The first-order chi connectivity index (χ1) is 9.43. The van der Waals surface area contributed by atoms with Crippen molar-refractivity contribution in [3.8, 4) is 0 Å². The fourth-order valence-electron chi connectivity index (χ4n) is 3.50. The lowest BCUT2D eigenvalue weighted by atomic mass is 9.97. The molecule has 1 unspecified atom stereocenters. The minimum Gasteiger partial charge on any atom is -0.307 e. The van der Waals surface area contributed by atoms with Gasteiger partial charge in [-0.25, -0.2) is 0 Å². The van der Waals surface area contributed by atoms with Gasteiger partial charge in [-0.15, -0.1) is 11.3 Å². The van der Waals surface area contributed by atoms with Crippen molar-refractivity contribution < 1.29 is 0 Å².